The molecule has 0 bridgehead atoms. The normalized spacial score (nSPS) is 18.3. The van der Waals surface area contributed by atoms with Crippen LogP contribution in [-0.2, 0) is 17.8 Å². The first-order chi connectivity index (χ1) is 11.6. The van der Waals surface area contributed by atoms with E-state index in [0.717, 1.165) is 32.4 Å². The number of aromatic nitrogens is 4. The highest BCUT2D eigenvalue weighted by atomic mass is 16.5. The number of rotatable bonds is 6. The van der Waals surface area contributed by atoms with Gasteiger partial charge in [0, 0.05) is 37.7 Å². The van der Waals surface area contributed by atoms with Gasteiger partial charge >= 0.3 is 0 Å². The molecule has 130 valence electrons. The summed E-state index contributed by atoms with van der Waals surface area (Å²) in [4.78, 5) is 19.0. The van der Waals surface area contributed by atoms with Gasteiger partial charge in [0.15, 0.2) is 5.82 Å². The molecule has 1 fully saturated rings. The number of carbonyl (C=O) groups is 1. The van der Waals surface area contributed by atoms with Gasteiger partial charge in [-0.1, -0.05) is 19.0 Å². The van der Waals surface area contributed by atoms with Crippen molar-refractivity contribution in [3.05, 3.63) is 30.2 Å². The van der Waals surface area contributed by atoms with Crippen molar-refractivity contribution in [2.45, 2.75) is 64.5 Å². The summed E-state index contributed by atoms with van der Waals surface area (Å²) in [6, 6.07) is 2.14. The minimum absolute atomic E-state index is 0.163. The highest BCUT2D eigenvalue weighted by Crippen LogP contribution is 2.20. The molecule has 1 atom stereocenters. The fraction of sp³-hybridized carbons (Fsp3) is 0.647. The van der Waals surface area contributed by atoms with Gasteiger partial charge in [-0.3, -0.25) is 9.48 Å². The van der Waals surface area contributed by atoms with E-state index in [2.05, 4.69) is 15.2 Å². The van der Waals surface area contributed by atoms with Gasteiger partial charge in [0.25, 0.3) is 0 Å². The first-order valence-electron chi connectivity index (χ1n) is 8.73. The summed E-state index contributed by atoms with van der Waals surface area (Å²) in [5, 5.41) is 8.21. The summed E-state index contributed by atoms with van der Waals surface area (Å²) < 4.78 is 7.14. The van der Waals surface area contributed by atoms with Gasteiger partial charge < -0.3 is 9.42 Å². The maximum absolute atomic E-state index is 12.7. The zero-order valence-electron chi connectivity index (χ0n) is 14.4. The molecule has 2 aromatic rings. The van der Waals surface area contributed by atoms with Crippen LogP contribution in [0.5, 0.6) is 0 Å². The number of hydrogen-bond acceptors (Lipinski definition) is 5. The molecule has 24 heavy (non-hydrogen) atoms. The van der Waals surface area contributed by atoms with Crippen LogP contribution in [0.25, 0.3) is 0 Å². The molecule has 3 heterocycles. The molecule has 2 aromatic heterocycles. The van der Waals surface area contributed by atoms with Crippen LogP contribution in [0.15, 0.2) is 23.0 Å². The average Bonchev–Trinajstić information content (AvgIpc) is 3.24. The summed E-state index contributed by atoms with van der Waals surface area (Å²) in [6.07, 6.45) is 7.90. The molecule has 7 heteroatoms. The largest absolute Gasteiger partial charge is 0.339 e. The van der Waals surface area contributed by atoms with Crippen molar-refractivity contribution in [3.63, 3.8) is 0 Å². The molecule has 0 N–H and O–H groups in total. The van der Waals surface area contributed by atoms with Crippen molar-refractivity contribution in [2.24, 2.45) is 0 Å². The standard InChI is InChI=1S/C17H25N5O2/c1-13(2)17-19-15(24-20-17)7-8-16(23)22-11-4-3-6-14(22)12-21-10-5-9-18-21/h5,9-10,13-14H,3-4,6-8,11-12H2,1-2H3. The highest BCUT2D eigenvalue weighted by Gasteiger charge is 2.27. The van der Waals surface area contributed by atoms with Crippen molar-refractivity contribution in [1.82, 2.24) is 24.8 Å². The topological polar surface area (TPSA) is 77.0 Å². The predicted molar refractivity (Wildman–Crippen MR) is 88.3 cm³/mol. The zero-order valence-corrected chi connectivity index (χ0v) is 14.4. The van der Waals surface area contributed by atoms with Crippen molar-refractivity contribution in [3.8, 4) is 0 Å². The highest BCUT2D eigenvalue weighted by molar-refractivity contribution is 5.76. The third kappa shape index (κ3) is 4.01. The van der Waals surface area contributed by atoms with E-state index >= 15 is 0 Å². The van der Waals surface area contributed by atoms with Crippen LogP contribution in [0.4, 0.5) is 0 Å². The Morgan fingerprint density at radius 1 is 1.42 bits per heavy atom. The molecule has 1 saturated heterocycles. The Hall–Kier alpha value is -2.18. The second-order valence-electron chi connectivity index (χ2n) is 6.67. The SMILES string of the molecule is CC(C)c1noc(CCC(=O)N2CCCCC2Cn2cccn2)n1. The molecular formula is C17H25N5O2. The van der Waals surface area contributed by atoms with Crippen LogP contribution in [0, 0.1) is 0 Å². The quantitative estimate of drug-likeness (QED) is 0.812. The van der Waals surface area contributed by atoms with E-state index in [1.165, 1.54) is 0 Å². The number of aryl methyl sites for hydroxylation is 1. The number of amides is 1. The minimum atomic E-state index is 0.163. The van der Waals surface area contributed by atoms with Gasteiger partial charge in [0.1, 0.15) is 0 Å². The number of nitrogens with zero attached hydrogens (tertiary/aromatic N) is 5. The van der Waals surface area contributed by atoms with Crippen LogP contribution in [0.2, 0.25) is 0 Å². The molecular weight excluding hydrogens is 306 g/mol. The first kappa shape index (κ1) is 16.7. The van der Waals surface area contributed by atoms with E-state index in [-0.39, 0.29) is 17.9 Å². The molecule has 1 aliphatic rings. The monoisotopic (exact) mass is 331 g/mol. The number of likely N-dealkylation sites (tertiary alicyclic amines) is 1. The van der Waals surface area contributed by atoms with E-state index in [1.807, 2.05) is 35.7 Å². The van der Waals surface area contributed by atoms with Crippen molar-refractivity contribution in [1.29, 1.82) is 0 Å². The van der Waals surface area contributed by atoms with Crippen molar-refractivity contribution in [2.75, 3.05) is 6.54 Å². The first-order valence-corrected chi connectivity index (χ1v) is 8.73. The predicted octanol–water partition coefficient (Wildman–Crippen LogP) is 2.40. The summed E-state index contributed by atoms with van der Waals surface area (Å²) in [5.74, 6) is 1.65. The smallest absolute Gasteiger partial charge is 0.227 e. The lowest BCUT2D eigenvalue weighted by molar-refractivity contribution is -0.135. The lowest BCUT2D eigenvalue weighted by Gasteiger charge is -2.35. The Morgan fingerprint density at radius 2 is 2.29 bits per heavy atom. The van der Waals surface area contributed by atoms with Gasteiger partial charge in [0.2, 0.25) is 11.8 Å². The Balaban J connectivity index is 1.57. The fourth-order valence-electron chi connectivity index (χ4n) is 3.10. The van der Waals surface area contributed by atoms with E-state index in [1.54, 1.807) is 6.20 Å². The molecule has 0 aliphatic carbocycles. The van der Waals surface area contributed by atoms with E-state index in [4.69, 9.17) is 4.52 Å². The Labute approximate surface area is 142 Å². The van der Waals surface area contributed by atoms with Crippen LogP contribution in [0.1, 0.15) is 57.2 Å². The molecule has 1 amide bonds. The Morgan fingerprint density at radius 3 is 3.00 bits per heavy atom. The molecule has 0 aromatic carbocycles. The van der Waals surface area contributed by atoms with Crippen LogP contribution < -0.4 is 0 Å². The van der Waals surface area contributed by atoms with Crippen LogP contribution in [-0.4, -0.2) is 43.3 Å². The second-order valence-corrected chi connectivity index (χ2v) is 6.67. The zero-order chi connectivity index (χ0) is 16.9. The van der Waals surface area contributed by atoms with E-state index < -0.39 is 0 Å². The average molecular weight is 331 g/mol. The van der Waals surface area contributed by atoms with Gasteiger partial charge in [-0.05, 0) is 25.3 Å². The van der Waals surface area contributed by atoms with Crippen molar-refractivity contribution >= 4 is 5.91 Å². The minimum Gasteiger partial charge on any atom is -0.339 e. The molecule has 0 saturated carbocycles. The van der Waals surface area contributed by atoms with Gasteiger partial charge in [-0.2, -0.15) is 10.1 Å². The Kier molecular flexibility index (Phi) is 5.27. The number of carbonyl (C=O) groups excluding carboxylic acids is 1. The van der Waals surface area contributed by atoms with E-state index in [0.29, 0.717) is 24.6 Å². The Bertz CT molecular complexity index is 650. The van der Waals surface area contributed by atoms with Crippen LogP contribution >= 0.6 is 0 Å². The summed E-state index contributed by atoms with van der Waals surface area (Å²) in [7, 11) is 0. The van der Waals surface area contributed by atoms with Gasteiger partial charge in [-0.15, -0.1) is 0 Å². The summed E-state index contributed by atoms with van der Waals surface area (Å²) in [5.41, 5.74) is 0. The van der Waals surface area contributed by atoms with Gasteiger partial charge in [0.05, 0.1) is 12.6 Å². The third-order valence-electron chi connectivity index (χ3n) is 4.46. The van der Waals surface area contributed by atoms with Gasteiger partial charge in [-0.25, -0.2) is 0 Å². The lowest BCUT2D eigenvalue weighted by atomic mass is 10.0. The third-order valence-corrected chi connectivity index (χ3v) is 4.46. The maximum Gasteiger partial charge on any atom is 0.227 e. The molecule has 0 spiro atoms. The van der Waals surface area contributed by atoms with Crippen molar-refractivity contribution < 1.29 is 9.32 Å². The van der Waals surface area contributed by atoms with Crippen LogP contribution in [0.3, 0.4) is 0 Å². The fourth-order valence-corrected chi connectivity index (χ4v) is 3.10. The molecule has 7 nitrogen and oxygen atoms in total. The lowest BCUT2D eigenvalue weighted by Crippen LogP contribution is -2.46. The molecule has 3 rings (SSSR count). The summed E-state index contributed by atoms with van der Waals surface area (Å²) in [6.45, 7) is 5.63. The summed E-state index contributed by atoms with van der Waals surface area (Å²) >= 11 is 0. The molecule has 1 aliphatic heterocycles. The molecule has 1 unspecified atom stereocenters. The number of hydrogen-bond donors (Lipinski definition) is 0. The molecule has 0 radical (unpaired) electrons. The number of piperidine rings is 1. The second kappa shape index (κ2) is 7.59. The maximum atomic E-state index is 12.7. The van der Waals surface area contributed by atoms with E-state index in [9.17, 15) is 4.79 Å².